The zero-order valence-electron chi connectivity index (χ0n) is 12.6. The highest BCUT2D eigenvalue weighted by Gasteiger charge is 2.20. The predicted molar refractivity (Wildman–Crippen MR) is 83.6 cm³/mol. The molecule has 0 aliphatic heterocycles. The maximum atomic E-state index is 6.20. The van der Waals surface area contributed by atoms with Gasteiger partial charge in [-0.15, -0.1) is 0 Å². The molecule has 112 valence electrons. The summed E-state index contributed by atoms with van der Waals surface area (Å²) >= 11 is 0. The Labute approximate surface area is 123 Å². The molecule has 1 aromatic carbocycles. The summed E-state index contributed by atoms with van der Waals surface area (Å²) in [5, 5.41) is 0. The zero-order chi connectivity index (χ0) is 14.2. The summed E-state index contributed by atoms with van der Waals surface area (Å²) in [6.45, 7) is 3.94. The van der Waals surface area contributed by atoms with Crippen molar-refractivity contribution < 1.29 is 4.74 Å². The van der Waals surface area contributed by atoms with Crippen molar-refractivity contribution in [2.24, 2.45) is 11.7 Å². The monoisotopic (exact) mass is 276 g/mol. The largest absolute Gasteiger partial charge is 0.380 e. The average molecular weight is 276 g/mol. The number of rotatable bonds is 10. The minimum Gasteiger partial charge on any atom is -0.380 e. The van der Waals surface area contributed by atoms with Crippen molar-refractivity contribution in [3.8, 4) is 0 Å². The molecule has 3 heteroatoms. The molecule has 0 saturated heterocycles. The van der Waals surface area contributed by atoms with Gasteiger partial charge in [-0.25, -0.2) is 0 Å². The van der Waals surface area contributed by atoms with Gasteiger partial charge < -0.3 is 15.4 Å². The van der Waals surface area contributed by atoms with Crippen LogP contribution in [-0.2, 0) is 4.74 Å². The first-order valence-electron chi connectivity index (χ1n) is 7.82. The number of likely N-dealkylation sites (N-methyl/N-ethyl adjacent to an activating group) is 1. The third-order valence-electron chi connectivity index (χ3n) is 3.95. The Morgan fingerprint density at radius 3 is 2.70 bits per heavy atom. The van der Waals surface area contributed by atoms with Crippen LogP contribution in [0.1, 0.15) is 37.3 Å². The van der Waals surface area contributed by atoms with Crippen LogP contribution in [0.2, 0.25) is 0 Å². The molecule has 0 amide bonds. The van der Waals surface area contributed by atoms with Crippen molar-refractivity contribution in [1.82, 2.24) is 4.90 Å². The molecule has 0 radical (unpaired) electrons. The lowest BCUT2D eigenvalue weighted by Crippen LogP contribution is -2.25. The van der Waals surface area contributed by atoms with E-state index in [1.807, 2.05) is 6.07 Å². The Morgan fingerprint density at radius 1 is 1.25 bits per heavy atom. The van der Waals surface area contributed by atoms with Gasteiger partial charge in [0.15, 0.2) is 0 Å². The van der Waals surface area contributed by atoms with Gasteiger partial charge in [0.1, 0.15) is 0 Å². The lowest BCUT2D eigenvalue weighted by atomic mass is 10.0. The van der Waals surface area contributed by atoms with Crippen LogP contribution in [0.3, 0.4) is 0 Å². The molecule has 1 aromatic rings. The molecule has 0 bridgehead atoms. The summed E-state index contributed by atoms with van der Waals surface area (Å²) < 4.78 is 5.66. The topological polar surface area (TPSA) is 38.5 Å². The van der Waals surface area contributed by atoms with E-state index in [0.29, 0.717) is 0 Å². The molecule has 2 N–H and O–H groups in total. The number of nitrogens with two attached hydrogens (primary N) is 1. The standard InChI is InChI=1S/C17H28N2O/c1-19(12-13-20-14-15-9-10-15)11-5-8-17(18)16-6-3-2-4-7-16/h2-4,6-7,15,17H,5,8-14,18H2,1H3. The van der Waals surface area contributed by atoms with Gasteiger partial charge in [0.2, 0.25) is 0 Å². The fourth-order valence-corrected chi connectivity index (χ4v) is 2.31. The van der Waals surface area contributed by atoms with Crippen LogP contribution in [0.25, 0.3) is 0 Å². The molecule has 3 nitrogen and oxygen atoms in total. The van der Waals surface area contributed by atoms with Gasteiger partial charge in [0.25, 0.3) is 0 Å². The zero-order valence-corrected chi connectivity index (χ0v) is 12.6. The van der Waals surface area contributed by atoms with Crippen molar-refractivity contribution in [2.45, 2.75) is 31.7 Å². The van der Waals surface area contributed by atoms with E-state index in [4.69, 9.17) is 10.5 Å². The second kappa shape index (κ2) is 8.40. The molecule has 2 rings (SSSR count). The first kappa shape index (κ1) is 15.5. The van der Waals surface area contributed by atoms with E-state index in [9.17, 15) is 0 Å². The molecule has 1 fully saturated rings. The van der Waals surface area contributed by atoms with E-state index in [0.717, 1.165) is 45.1 Å². The minimum atomic E-state index is 0.163. The molecule has 1 unspecified atom stereocenters. The van der Waals surface area contributed by atoms with Gasteiger partial charge >= 0.3 is 0 Å². The third-order valence-corrected chi connectivity index (χ3v) is 3.95. The molecular weight excluding hydrogens is 248 g/mol. The lowest BCUT2D eigenvalue weighted by molar-refractivity contribution is 0.103. The van der Waals surface area contributed by atoms with Gasteiger partial charge in [-0.1, -0.05) is 30.3 Å². The van der Waals surface area contributed by atoms with Crippen LogP contribution in [0, 0.1) is 5.92 Å². The fraction of sp³-hybridized carbons (Fsp3) is 0.647. The Bertz CT molecular complexity index is 365. The first-order valence-corrected chi connectivity index (χ1v) is 7.82. The maximum absolute atomic E-state index is 6.20. The second-order valence-corrected chi connectivity index (χ2v) is 5.98. The normalized spacial score (nSPS) is 16.6. The Balaban J connectivity index is 1.50. The molecule has 0 spiro atoms. The Hall–Kier alpha value is -0.900. The van der Waals surface area contributed by atoms with Crippen molar-refractivity contribution in [2.75, 3.05) is 33.4 Å². The molecular formula is C17H28N2O. The molecule has 20 heavy (non-hydrogen) atoms. The summed E-state index contributed by atoms with van der Waals surface area (Å²) in [5.41, 5.74) is 7.44. The van der Waals surface area contributed by atoms with Gasteiger partial charge in [-0.2, -0.15) is 0 Å². The van der Waals surface area contributed by atoms with E-state index in [1.165, 1.54) is 18.4 Å². The van der Waals surface area contributed by atoms with E-state index in [1.54, 1.807) is 0 Å². The number of nitrogens with zero attached hydrogens (tertiary/aromatic N) is 1. The summed E-state index contributed by atoms with van der Waals surface area (Å²) in [6, 6.07) is 10.5. The van der Waals surface area contributed by atoms with Crippen LogP contribution in [0.4, 0.5) is 0 Å². The van der Waals surface area contributed by atoms with Crippen molar-refractivity contribution in [3.05, 3.63) is 35.9 Å². The summed E-state index contributed by atoms with van der Waals surface area (Å²) in [5.74, 6) is 0.865. The highest BCUT2D eigenvalue weighted by molar-refractivity contribution is 5.18. The predicted octanol–water partition coefficient (Wildman–Crippen LogP) is 2.83. The van der Waals surface area contributed by atoms with Crippen LogP contribution in [0.15, 0.2) is 30.3 Å². The van der Waals surface area contributed by atoms with Crippen LogP contribution in [-0.4, -0.2) is 38.3 Å². The summed E-state index contributed by atoms with van der Waals surface area (Å²) in [7, 11) is 2.16. The van der Waals surface area contributed by atoms with E-state index < -0.39 is 0 Å². The fourth-order valence-electron chi connectivity index (χ4n) is 2.31. The van der Waals surface area contributed by atoms with Crippen molar-refractivity contribution in [3.63, 3.8) is 0 Å². The number of hydrogen-bond acceptors (Lipinski definition) is 3. The van der Waals surface area contributed by atoms with Gasteiger partial charge in [0.05, 0.1) is 6.61 Å². The van der Waals surface area contributed by atoms with Crippen LogP contribution < -0.4 is 5.73 Å². The molecule has 0 heterocycles. The Morgan fingerprint density at radius 2 is 2.00 bits per heavy atom. The minimum absolute atomic E-state index is 0.163. The van der Waals surface area contributed by atoms with E-state index in [-0.39, 0.29) is 6.04 Å². The van der Waals surface area contributed by atoms with Crippen molar-refractivity contribution in [1.29, 1.82) is 0 Å². The number of ether oxygens (including phenoxy) is 1. The van der Waals surface area contributed by atoms with E-state index >= 15 is 0 Å². The first-order chi connectivity index (χ1) is 9.75. The van der Waals surface area contributed by atoms with Gasteiger partial charge in [0, 0.05) is 19.2 Å². The molecule has 1 atom stereocenters. The van der Waals surface area contributed by atoms with Crippen LogP contribution >= 0.6 is 0 Å². The van der Waals surface area contributed by atoms with E-state index in [2.05, 4.69) is 36.2 Å². The average Bonchev–Trinajstić information content (AvgIpc) is 3.28. The smallest absolute Gasteiger partial charge is 0.0593 e. The molecule has 1 saturated carbocycles. The molecule has 0 aromatic heterocycles. The highest BCUT2D eigenvalue weighted by atomic mass is 16.5. The Kier molecular flexibility index (Phi) is 6.51. The molecule has 1 aliphatic rings. The second-order valence-electron chi connectivity index (χ2n) is 5.98. The summed E-state index contributed by atoms with van der Waals surface area (Å²) in [6.07, 6.45) is 4.91. The quantitative estimate of drug-likeness (QED) is 0.668. The van der Waals surface area contributed by atoms with Gasteiger partial charge in [-0.3, -0.25) is 0 Å². The summed E-state index contributed by atoms with van der Waals surface area (Å²) in [4.78, 5) is 2.34. The SMILES string of the molecule is CN(CCCC(N)c1ccccc1)CCOCC1CC1. The number of hydrogen-bond donors (Lipinski definition) is 1. The lowest BCUT2D eigenvalue weighted by Gasteiger charge is -2.18. The third kappa shape index (κ3) is 6.04. The van der Waals surface area contributed by atoms with Crippen LogP contribution in [0.5, 0.6) is 0 Å². The number of benzene rings is 1. The highest BCUT2D eigenvalue weighted by Crippen LogP contribution is 2.28. The van der Waals surface area contributed by atoms with Crippen molar-refractivity contribution >= 4 is 0 Å². The maximum Gasteiger partial charge on any atom is 0.0593 e. The van der Waals surface area contributed by atoms with Gasteiger partial charge in [-0.05, 0) is 50.8 Å². The molecule has 1 aliphatic carbocycles.